The number of carbonyl (C=O) groups excluding carboxylic acids is 1. The van der Waals surface area contributed by atoms with Gasteiger partial charge in [-0.2, -0.15) is 0 Å². The van der Waals surface area contributed by atoms with Gasteiger partial charge in [-0.1, -0.05) is 25.0 Å². The van der Waals surface area contributed by atoms with Crippen molar-refractivity contribution >= 4 is 11.7 Å². The summed E-state index contributed by atoms with van der Waals surface area (Å²) in [6.45, 7) is 4.13. The van der Waals surface area contributed by atoms with E-state index in [1.165, 1.54) is 0 Å². The zero-order chi connectivity index (χ0) is 14.5. The Balaban J connectivity index is 1.96. The average Bonchev–Trinajstić information content (AvgIpc) is 2.43. The lowest BCUT2D eigenvalue weighted by molar-refractivity contribution is 0.156. The van der Waals surface area contributed by atoms with Crippen molar-refractivity contribution in [3.05, 3.63) is 29.3 Å². The smallest absolute Gasteiger partial charge is 0.319 e. The van der Waals surface area contributed by atoms with Crippen LogP contribution in [0.5, 0.6) is 0 Å². The Hall–Kier alpha value is -1.55. The third-order valence-electron chi connectivity index (χ3n) is 4.10. The summed E-state index contributed by atoms with van der Waals surface area (Å²) in [5, 5.41) is 15.3. The minimum atomic E-state index is -0.177. The average molecular weight is 276 g/mol. The maximum atomic E-state index is 12.1. The van der Waals surface area contributed by atoms with E-state index < -0.39 is 0 Å². The van der Waals surface area contributed by atoms with Crippen LogP contribution >= 0.6 is 0 Å². The van der Waals surface area contributed by atoms with Crippen LogP contribution in [-0.4, -0.2) is 23.8 Å². The van der Waals surface area contributed by atoms with E-state index in [2.05, 4.69) is 10.6 Å². The molecule has 1 saturated carbocycles. The van der Waals surface area contributed by atoms with Gasteiger partial charge >= 0.3 is 6.03 Å². The van der Waals surface area contributed by atoms with Crippen LogP contribution in [0.15, 0.2) is 18.2 Å². The SMILES string of the molecule is Cc1ccc(C)c(NC(=O)NC2CCCCC2CO)c1. The lowest BCUT2D eigenvalue weighted by atomic mass is 9.85. The molecule has 110 valence electrons. The van der Waals surface area contributed by atoms with Crippen molar-refractivity contribution in [1.82, 2.24) is 5.32 Å². The maximum absolute atomic E-state index is 12.1. The van der Waals surface area contributed by atoms with Gasteiger partial charge in [-0.15, -0.1) is 0 Å². The first kappa shape index (κ1) is 14.9. The van der Waals surface area contributed by atoms with E-state index in [4.69, 9.17) is 0 Å². The summed E-state index contributed by atoms with van der Waals surface area (Å²) in [5.74, 6) is 0.188. The van der Waals surface area contributed by atoms with Crippen LogP contribution in [0.1, 0.15) is 36.8 Å². The minimum absolute atomic E-state index is 0.0823. The van der Waals surface area contributed by atoms with Crippen molar-refractivity contribution in [2.75, 3.05) is 11.9 Å². The van der Waals surface area contributed by atoms with E-state index in [0.717, 1.165) is 42.5 Å². The summed E-state index contributed by atoms with van der Waals surface area (Å²) >= 11 is 0. The number of anilines is 1. The van der Waals surface area contributed by atoms with Crippen LogP contribution in [0.2, 0.25) is 0 Å². The molecule has 0 aromatic heterocycles. The Morgan fingerprint density at radius 1 is 1.30 bits per heavy atom. The van der Waals surface area contributed by atoms with Crippen LogP contribution in [-0.2, 0) is 0 Å². The number of aryl methyl sites for hydroxylation is 2. The summed E-state index contributed by atoms with van der Waals surface area (Å²) < 4.78 is 0. The largest absolute Gasteiger partial charge is 0.396 e. The van der Waals surface area contributed by atoms with Crippen LogP contribution in [0.4, 0.5) is 10.5 Å². The third-order valence-corrected chi connectivity index (χ3v) is 4.10. The maximum Gasteiger partial charge on any atom is 0.319 e. The molecule has 3 N–H and O–H groups in total. The summed E-state index contributed by atoms with van der Waals surface area (Å²) in [4.78, 5) is 12.1. The topological polar surface area (TPSA) is 61.4 Å². The number of hydrogen-bond acceptors (Lipinski definition) is 2. The number of benzene rings is 1. The molecule has 4 nitrogen and oxygen atoms in total. The molecular weight excluding hydrogens is 252 g/mol. The van der Waals surface area contributed by atoms with Gasteiger partial charge in [0.15, 0.2) is 0 Å². The van der Waals surface area contributed by atoms with Crippen LogP contribution < -0.4 is 10.6 Å². The second kappa shape index (κ2) is 6.75. The summed E-state index contributed by atoms with van der Waals surface area (Å²) in [5.41, 5.74) is 3.02. The van der Waals surface area contributed by atoms with Crippen molar-refractivity contribution in [1.29, 1.82) is 0 Å². The molecule has 0 radical (unpaired) electrons. The first-order valence-corrected chi connectivity index (χ1v) is 7.36. The number of nitrogens with one attached hydrogen (secondary N) is 2. The second-order valence-electron chi connectivity index (χ2n) is 5.75. The van der Waals surface area contributed by atoms with E-state index in [-0.39, 0.29) is 24.6 Å². The fraction of sp³-hybridized carbons (Fsp3) is 0.562. The first-order valence-electron chi connectivity index (χ1n) is 7.36. The van der Waals surface area contributed by atoms with Gasteiger partial charge in [0, 0.05) is 24.3 Å². The Morgan fingerprint density at radius 2 is 2.05 bits per heavy atom. The normalized spacial score (nSPS) is 22.4. The molecule has 4 heteroatoms. The van der Waals surface area contributed by atoms with Crippen molar-refractivity contribution in [2.45, 2.75) is 45.6 Å². The van der Waals surface area contributed by atoms with Crippen molar-refractivity contribution in [3.63, 3.8) is 0 Å². The quantitative estimate of drug-likeness (QED) is 0.795. The standard InChI is InChI=1S/C16H24N2O2/c1-11-7-8-12(2)15(9-11)18-16(20)17-14-6-4-3-5-13(14)10-19/h7-9,13-14,19H,3-6,10H2,1-2H3,(H2,17,18,20). The predicted molar refractivity (Wildman–Crippen MR) is 80.9 cm³/mol. The molecule has 2 unspecified atom stereocenters. The lowest BCUT2D eigenvalue weighted by Gasteiger charge is -2.30. The molecule has 2 atom stereocenters. The Labute approximate surface area is 120 Å². The number of aliphatic hydroxyl groups is 1. The molecule has 20 heavy (non-hydrogen) atoms. The van der Waals surface area contributed by atoms with Gasteiger partial charge in [0.05, 0.1) is 0 Å². The van der Waals surface area contributed by atoms with Gasteiger partial charge in [0.2, 0.25) is 0 Å². The Morgan fingerprint density at radius 3 is 2.80 bits per heavy atom. The van der Waals surface area contributed by atoms with Gasteiger partial charge in [0.25, 0.3) is 0 Å². The molecule has 0 aliphatic heterocycles. The fourth-order valence-electron chi connectivity index (χ4n) is 2.81. The molecule has 1 aliphatic carbocycles. The predicted octanol–water partition coefficient (Wildman–Crippen LogP) is 2.98. The molecule has 1 aromatic carbocycles. The van der Waals surface area contributed by atoms with E-state index in [1.807, 2.05) is 32.0 Å². The number of hydrogen-bond donors (Lipinski definition) is 3. The number of carbonyl (C=O) groups is 1. The van der Waals surface area contributed by atoms with Gasteiger partial charge in [-0.25, -0.2) is 4.79 Å². The summed E-state index contributed by atoms with van der Waals surface area (Å²) in [6, 6.07) is 5.91. The molecule has 0 saturated heterocycles. The lowest BCUT2D eigenvalue weighted by Crippen LogP contribution is -2.45. The zero-order valence-electron chi connectivity index (χ0n) is 12.3. The Kier molecular flexibility index (Phi) is 5.01. The summed E-state index contributed by atoms with van der Waals surface area (Å²) in [7, 11) is 0. The third kappa shape index (κ3) is 3.73. The van der Waals surface area contributed by atoms with Crippen molar-refractivity contribution in [3.8, 4) is 0 Å². The van der Waals surface area contributed by atoms with E-state index in [9.17, 15) is 9.90 Å². The van der Waals surface area contributed by atoms with Gasteiger partial charge in [-0.3, -0.25) is 0 Å². The molecule has 1 fully saturated rings. The highest BCUT2D eigenvalue weighted by Gasteiger charge is 2.25. The highest BCUT2D eigenvalue weighted by atomic mass is 16.3. The highest BCUT2D eigenvalue weighted by molar-refractivity contribution is 5.90. The molecule has 2 amide bonds. The van der Waals surface area contributed by atoms with Gasteiger partial charge in [0.1, 0.15) is 0 Å². The first-order chi connectivity index (χ1) is 9.60. The van der Waals surface area contributed by atoms with E-state index >= 15 is 0 Å². The number of amides is 2. The zero-order valence-corrected chi connectivity index (χ0v) is 12.3. The monoisotopic (exact) mass is 276 g/mol. The van der Waals surface area contributed by atoms with Crippen LogP contribution in [0, 0.1) is 19.8 Å². The molecule has 0 spiro atoms. The molecule has 2 rings (SSSR count). The molecule has 0 bridgehead atoms. The van der Waals surface area contributed by atoms with E-state index in [1.54, 1.807) is 0 Å². The van der Waals surface area contributed by atoms with Crippen LogP contribution in [0.3, 0.4) is 0 Å². The number of urea groups is 1. The number of rotatable bonds is 3. The van der Waals surface area contributed by atoms with E-state index in [0.29, 0.717) is 0 Å². The molecule has 1 aliphatic rings. The minimum Gasteiger partial charge on any atom is -0.396 e. The van der Waals surface area contributed by atoms with Crippen LogP contribution in [0.25, 0.3) is 0 Å². The van der Waals surface area contributed by atoms with Crippen molar-refractivity contribution < 1.29 is 9.90 Å². The highest BCUT2D eigenvalue weighted by Crippen LogP contribution is 2.24. The van der Waals surface area contributed by atoms with Crippen molar-refractivity contribution in [2.24, 2.45) is 5.92 Å². The molecule has 1 aromatic rings. The molecule has 0 heterocycles. The van der Waals surface area contributed by atoms with Gasteiger partial charge < -0.3 is 15.7 Å². The second-order valence-corrected chi connectivity index (χ2v) is 5.75. The number of aliphatic hydroxyl groups excluding tert-OH is 1. The summed E-state index contributed by atoms with van der Waals surface area (Å²) in [6.07, 6.45) is 4.20. The Bertz CT molecular complexity index is 474. The van der Waals surface area contributed by atoms with Gasteiger partial charge in [-0.05, 0) is 43.9 Å². The molecular formula is C16H24N2O2. The fourth-order valence-corrected chi connectivity index (χ4v) is 2.81.